The van der Waals surface area contributed by atoms with E-state index in [9.17, 15) is 9.59 Å². The quantitative estimate of drug-likeness (QED) is 0.690. The Balaban J connectivity index is 1.57. The van der Waals surface area contributed by atoms with Crippen molar-refractivity contribution >= 4 is 28.4 Å². The predicted octanol–water partition coefficient (Wildman–Crippen LogP) is 3.26. The van der Waals surface area contributed by atoms with Crippen molar-refractivity contribution in [3.8, 4) is 0 Å². The van der Waals surface area contributed by atoms with Gasteiger partial charge < -0.3 is 9.88 Å². The largest absolute Gasteiger partial charge is 0.352 e. The van der Waals surface area contributed by atoms with E-state index < -0.39 is 0 Å². The highest BCUT2D eigenvalue weighted by Gasteiger charge is 2.12. The molecule has 1 N–H and O–H groups in total. The summed E-state index contributed by atoms with van der Waals surface area (Å²) < 4.78 is 1.66. The molecule has 0 radical (unpaired) electrons. The second-order valence-corrected chi connectivity index (χ2v) is 6.16. The molecule has 1 aromatic carbocycles. The van der Waals surface area contributed by atoms with E-state index in [1.54, 1.807) is 41.2 Å². The molecule has 5 nitrogen and oxygen atoms in total. The number of halogens is 1. The number of unbranched alkanes of at least 4 members (excludes halogenated alkanes) is 1. The van der Waals surface area contributed by atoms with E-state index in [1.165, 1.54) is 0 Å². The Labute approximate surface area is 150 Å². The van der Waals surface area contributed by atoms with Gasteiger partial charge in [0, 0.05) is 42.0 Å². The van der Waals surface area contributed by atoms with Crippen LogP contribution in [-0.2, 0) is 6.54 Å². The zero-order valence-corrected chi connectivity index (χ0v) is 14.4. The van der Waals surface area contributed by atoms with Gasteiger partial charge in [0.1, 0.15) is 0 Å². The Morgan fingerprint density at radius 1 is 1.16 bits per heavy atom. The molecule has 0 atom stereocenters. The van der Waals surface area contributed by atoms with Crippen LogP contribution in [0.5, 0.6) is 0 Å². The first-order chi connectivity index (χ1) is 12.1. The monoisotopic (exact) mass is 355 g/mol. The third-order valence-corrected chi connectivity index (χ3v) is 4.14. The van der Waals surface area contributed by atoms with Crippen LogP contribution in [0.25, 0.3) is 10.9 Å². The molecule has 0 bridgehead atoms. The highest BCUT2D eigenvalue weighted by molar-refractivity contribution is 6.32. The molecule has 0 fully saturated rings. The van der Waals surface area contributed by atoms with Crippen LogP contribution in [0, 0.1) is 0 Å². The van der Waals surface area contributed by atoms with Gasteiger partial charge in [0.25, 0.3) is 5.91 Å². The van der Waals surface area contributed by atoms with Crippen LogP contribution in [0.1, 0.15) is 23.2 Å². The van der Waals surface area contributed by atoms with Crippen molar-refractivity contribution in [1.29, 1.82) is 0 Å². The molecule has 128 valence electrons. The van der Waals surface area contributed by atoms with Crippen molar-refractivity contribution in [2.75, 3.05) is 6.54 Å². The summed E-state index contributed by atoms with van der Waals surface area (Å²) in [6.07, 6.45) is 5.01. The van der Waals surface area contributed by atoms with Gasteiger partial charge in [-0.2, -0.15) is 0 Å². The fraction of sp³-hybridized carbons (Fsp3) is 0.211. The number of nitrogens with zero attached hydrogens (tertiary/aromatic N) is 2. The molecule has 25 heavy (non-hydrogen) atoms. The molecule has 0 unspecified atom stereocenters. The molecular formula is C19H18ClN3O2. The Morgan fingerprint density at radius 2 is 2.04 bits per heavy atom. The van der Waals surface area contributed by atoms with Crippen LogP contribution < -0.4 is 10.9 Å². The minimum absolute atomic E-state index is 0.0111. The van der Waals surface area contributed by atoms with Crippen LogP contribution in [0.15, 0.2) is 59.7 Å². The summed E-state index contributed by atoms with van der Waals surface area (Å²) in [5.41, 5.74) is 1.10. The zero-order valence-electron chi connectivity index (χ0n) is 13.6. The first-order valence-electron chi connectivity index (χ1n) is 8.13. The van der Waals surface area contributed by atoms with Crippen LogP contribution >= 0.6 is 11.6 Å². The number of fused-ring (bicyclic) bond motifs is 1. The van der Waals surface area contributed by atoms with E-state index in [2.05, 4.69) is 10.3 Å². The molecule has 0 aliphatic heterocycles. The second kappa shape index (κ2) is 7.94. The number of aromatic nitrogens is 2. The van der Waals surface area contributed by atoms with E-state index in [4.69, 9.17) is 11.6 Å². The van der Waals surface area contributed by atoms with Gasteiger partial charge in [-0.3, -0.25) is 14.6 Å². The molecule has 2 aromatic heterocycles. The van der Waals surface area contributed by atoms with Gasteiger partial charge in [0.2, 0.25) is 5.56 Å². The van der Waals surface area contributed by atoms with Crippen molar-refractivity contribution in [2.45, 2.75) is 19.4 Å². The number of carbonyl (C=O) groups excluding carboxylic acids is 1. The van der Waals surface area contributed by atoms with E-state index in [-0.39, 0.29) is 11.5 Å². The van der Waals surface area contributed by atoms with Crippen molar-refractivity contribution in [2.24, 2.45) is 0 Å². The summed E-state index contributed by atoms with van der Waals surface area (Å²) in [6.45, 7) is 1.17. The molecule has 3 aromatic rings. The van der Waals surface area contributed by atoms with E-state index in [1.807, 2.05) is 18.2 Å². The smallest absolute Gasteiger partial charge is 0.253 e. The number of rotatable bonds is 6. The first kappa shape index (κ1) is 17.2. The molecular weight excluding hydrogens is 338 g/mol. The molecule has 3 rings (SSSR count). The Bertz CT molecular complexity index is 953. The van der Waals surface area contributed by atoms with Crippen LogP contribution in [0.4, 0.5) is 0 Å². The van der Waals surface area contributed by atoms with Gasteiger partial charge in [0.05, 0.1) is 11.1 Å². The number of amides is 1. The van der Waals surface area contributed by atoms with Crippen molar-refractivity contribution in [3.05, 3.63) is 75.8 Å². The Hall–Kier alpha value is -2.66. The maximum atomic E-state index is 12.4. The molecule has 0 aliphatic rings. The van der Waals surface area contributed by atoms with E-state index in [0.29, 0.717) is 29.2 Å². The Kier molecular flexibility index (Phi) is 5.46. The van der Waals surface area contributed by atoms with Gasteiger partial charge in [-0.25, -0.2) is 0 Å². The number of nitrogens with one attached hydrogen (secondary N) is 1. The number of hydrogen-bond donors (Lipinski definition) is 1. The lowest BCUT2D eigenvalue weighted by molar-refractivity contribution is 0.0954. The van der Waals surface area contributed by atoms with Gasteiger partial charge in [-0.15, -0.1) is 0 Å². The van der Waals surface area contributed by atoms with E-state index >= 15 is 0 Å². The minimum atomic E-state index is -0.192. The summed E-state index contributed by atoms with van der Waals surface area (Å²) >= 11 is 6.09. The second-order valence-electron chi connectivity index (χ2n) is 5.72. The molecule has 0 saturated carbocycles. The number of carbonyl (C=O) groups is 1. The van der Waals surface area contributed by atoms with E-state index in [0.717, 1.165) is 18.2 Å². The normalized spacial score (nSPS) is 10.8. The van der Waals surface area contributed by atoms with Crippen molar-refractivity contribution in [3.63, 3.8) is 0 Å². The highest BCUT2D eigenvalue weighted by Crippen LogP contribution is 2.22. The third-order valence-electron chi connectivity index (χ3n) is 3.92. The summed E-state index contributed by atoms with van der Waals surface area (Å²) in [4.78, 5) is 28.3. The average molecular weight is 356 g/mol. The topological polar surface area (TPSA) is 64.0 Å². The van der Waals surface area contributed by atoms with Gasteiger partial charge in [-0.1, -0.05) is 23.7 Å². The van der Waals surface area contributed by atoms with Crippen LogP contribution in [0.2, 0.25) is 5.02 Å². The number of pyridine rings is 2. The molecule has 1 amide bonds. The first-order valence-corrected chi connectivity index (χ1v) is 8.51. The van der Waals surface area contributed by atoms with Crippen LogP contribution in [-0.4, -0.2) is 22.0 Å². The maximum absolute atomic E-state index is 12.4. The highest BCUT2D eigenvalue weighted by atomic mass is 35.5. The van der Waals surface area contributed by atoms with Crippen molar-refractivity contribution < 1.29 is 4.79 Å². The molecule has 2 heterocycles. The SMILES string of the molecule is O=C(NCCCCn1ccccc1=O)c1cc(Cl)cc2cccnc12. The molecule has 0 saturated heterocycles. The lowest BCUT2D eigenvalue weighted by atomic mass is 10.1. The fourth-order valence-electron chi connectivity index (χ4n) is 2.68. The van der Waals surface area contributed by atoms with Gasteiger partial charge >= 0.3 is 0 Å². The standard InChI is InChI=1S/C19H18ClN3O2/c20-15-12-14-6-5-9-21-18(14)16(13-15)19(25)22-8-2-4-11-23-10-3-1-7-17(23)24/h1,3,5-7,9-10,12-13H,2,4,8,11H2,(H,22,25). The van der Waals surface area contributed by atoms with Gasteiger partial charge in [-0.05, 0) is 37.1 Å². The Morgan fingerprint density at radius 3 is 2.88 bits per heavy atom. The number of hydrogen-bond acceptors (Lipinski definition) is 3. The predicted molar refractivity (Wildman–Crippen MR) is 99.0 cm³/mol. The summed E-state index contributed by atoms with van der Waals surface area (Å²) in [6, 6.07) is 12.2. The summed E-state index contributed by atoms with van der Waals surface area (Å²) in [5.74, 6) is -0.192. The lowest BCUT2D eigenvalue weighted by Gasteiger charge is -2.09. The zero-order chi connectivity index (χ0) is 17.6. The average Bonchev–Trinajstić information content (AvgIpc) is 2.62. The maximum Gasteiger partial charge on any atom is 0.253 e. The van der Waals surface area contributed by atoms with Crippen molar-refractivity contribution in [1.82, 2.24) is 14.9 Å². The number of aryl methyl sites for hydroxylation is 1. The van der Waals surface area contributed by atoms with Crippen LogP contribution in [0.3, 0.4) is 0 Å². The third kappa shape index (κ3) is 4.25. The fourth-order valence-corrected chi connectivity index (χ4v) is 2.91. The minimum Gasteiger partial charge on any atom is -0.352 e. The van der Waals surface area contributed by atoms with Gasteiger partial charge in [0.15, 0.2) is 0 Å². The molecule has 0 aliphatic carbocycles. The molecule has 0 spiro atoms. The lowest BCUT2D eigenvalue weighted by Crippen LogP contribution is -2.25. The summed E-state index contributed by atoms with van der Waals surface area (Å²) in [7, 11) is 0. The molecule has 6 heteroatoms. The number of benzene rings is 1. The summed E-state index contributed by atoms with van der Waals surface area (Å²) in [5, 5.41) is 4.24.